The van der Waals surface area contributed by atoms with Crippen LogP contribution in [0, 0.1) is 17.8 Å². The lowest BCUT2D eigenvalue weighted by atomic mass is 9.72. The zero-order chi connectivity index (χ0) is 14.1. The Balaban J connectivity index is 1.85. The SMILES string of the molecule is CNC(c1cnc2ccsc2c1)C1CCC(C)C(C)C1. The number of rotatable bonds is 3. The summed E-state index contributed by atoms with van der Waals surface area (Å²) in [6.45, 7) is 4.80. The van der Waals surface area contributed by atoms with Gasteiger partial charge in [-0.15, -0.1) is 11.3 Å². The predicted molar refractivity (Wildman–Crippen MR) is 87.1 cm³/mol. The van der Waals surface area contributed by atoms with Gasteiger partial charge in [0.25, 0.3) is 0 Å². The van der Waals surface area contributed by atoms with Crippen LogP contribution in [0.1, 0.15) is 44.7 Å². The van der Waals surface area contributed by atoms with E-state index in [1.54, 1.807) is 11.3 Å². The van der Waals surface area contributed by atoms with Gasteiger partial charge < -0.3 is 5.32 Å². The molecule has 2 aromatic heterocycles. The molecule has 1 N–H and O–H groups in total. The molecule has 3 heteroatoms. The van der Waals surface area contributed by atoms with E-state index < -0.39 is 0 Å². The molecule has 0 amide bonds. The summed E-state index contributed by atoms with van der Waals surface area (Å²) in [4.78, 5) is 4.61. The zero-order valence-corrected chi connectivity index (χ0v) is 13.4. The van der Waals surface area contributed by atoms with E-state index in [0.717, 1.165) is 23.3 Å². The molecule has 2 aromatic rings. The van der Waals surface area contributed by atoms with Crippen LogP contribution in [0.5, 0.6) is 0 Å². The largest absolute Gasteiger partial charge is 0.313 e. The molecule has 1 saturated carbocycles. The minimum atomic E-state index is 0.448. The van der Waals surface area contributed by atoms with Crippen LogP contribution in [-0.2, 0) is 0 Å². The van der Waals surface area contributed by atoms with E-state index in [0.29, 0.717) is 6.04 Å². The summed E-state index contributed by atoms with van der Waals surface area (Å²) < 4.78 is 1.31. The molecule has 0 aliphatic heterocycles. The Labute approximate surface area is 125 Å². The summed E-state index contributed by atoms with van der Waals surface area (Å²) in [5.41, 5.74) is 2.48. The van der Waals surface area contributed by atoms with Crippen molar-refractivity contribution in [2.24, 2.45) is 17.8 Å². The summed E-state index contributed by atoms with van der Waals surface area (Å²) in [6, 6.07) is 4.88. The van der Waals surface area contributed by atoms with Crippen molar-refractivity contribution in [2.45, 2.75) is 39.2 Å². The number of thiophene rings is 1. The van der Waals surface area contributed by atoms with E-state index in [-0.39, 0.29) is 0 Å². The predicted octanol–water partition coefficient (Wildman–Crippen LogP) is 4.63. The molecular formula is C17H24N2S. The van der Waals surface area contributed by atoms with Gasteiger partial charge in [0, 0.05) is 12.2 Å². The van der Waals surface area contributed by atoms with Gasteiger partial charge in [0.15, 0.2) is 0 Å². The molecular weight excluding hydrogens is 264 g/mol. The van der Waals surface area contributed by atoms with E-state index in [1.165, 1.54) is 29.5 Å². The van der Waals surface area contributed by atoms with Crippen LogP contribution in [0.25, 0.3) is 10.2 Å². The molecule has 2 nitrogen and oxygen atoms in total. The maximum Gasteiger partial charge on any atom is 0.0809 e. The topological polar surface area (TPSA) is 24.9 Å². The summed E-state index contributed by atoms with van der Waals surface area (Å²) in [5.74, 6) is 2.45. The maximum absolute atomic E-state index is 4.61. The van der Waals surface area contributed by atoms with E-state index in [9.17, 15) is 0 Å². The van der Waals surface area contributed by atoms with Crippen molar-refractivity contribution in [3.8, 4) is 0 Å². The molecule has 0 saturated heterocycles. The molecule has 4 atom stereocenters. The van der Waals surface area contributed by atoms with Gasteiger partial charge in [0.2, 0.25) is 0 Å². The molecule has 0 radical (unpaired) electrons. The fourth-order valence-electron chi connectivity index (χ4n) is 3.60. The van der Waals surface area contributed by atoms with Crippen molar-refractivity contribution in [1.82, 2.24) is 10.3 Å². The fraction of sp³-hybridized carbons (Fsp3) is 0.588. The number of hydrogen-bond donors (Lipinski definition) is 1. The third-order valence-electron chi connectivity index (χ3n) is 5.10. The first-order valence-corrected chi connectivity index (χ1v) is 8.57. The van der Waals surface area contributed by atoms with Crippen molar-refractivity contribution >= 4 is 21.6 Å². The lowest BCUT2D eigenvalue weighted by molar-refractivity contribution is 0.174. The van der Waals surface area contributed by atoms with Gasteiger partial charge in [0.1, 0.15) is 0 Å². The summed E-state index contributed by atoms with van der Waals surface area (Å²) in [5, 5.41) is 5.67. The number of nitrogens with zero attached hydrogens (tertiary/aromatic N) is 1. The number of hydrogen-bond acceptors (Lipinski definition) is 3. The van der Waals surface area contributed by atoms with Crippen molar-refractivity contribution in [2.75, 3.05) is 7.05 Å². The van der Waals surface area contributed by atoms with Crippen LogP contribution >= 0.6 is 11.3 Å². The van der Waals surface area contributed by atoms with Crippen molar-refractivity contribution in [1.29, 1.82) is 0 Å². The van der Waals surface area contributed by atoms with E-state index in [1.807, 2.05) is 0 Å². The third kappa shape index (κ3) is 2.61. The second-order valence-electron chi connectivity index (χ2n) is 6.37. The highest BCUT2D eigenvalue weighted by atomic mass is 32.1. The van der Waals surface area contributed by atoms with Crippen molar-refractivity contribution < 1.29 is 0 Å². The lowest BCUT2D eigenvalue weighted by Crippen LogP contribution is -2.31. The first-order valence-electron chi connectivity index (χ1n) is 7.69. The Morgan fingerprint density at radius 3 is 2.90 bits per heavy atom. The molecule has 1 fully saturated rings. The number of fused-ring (bicyclic) bond motifs is 1. The van der Waals surface area contributed by atoms with E-state index >= 15 is 0 Å². The average molecular weight is 288 g/mol. The lowest BCUT2D eigenvalue weighted by Gasteiger charge is -2.36. The molecule has 0 spiro atoms. The molecule has 108 valence electrons. The summed E-state index contributed by atoms with van der Waals surface area (Å²) in [7, 11) is 2.09. The van der Waals surface area contributed by atoms with Gasteiger partial charge >= 0.3 is 0 Å². The monoisotopic (exact) mass is 288 g/mol. The first kappa shape index (κ1) is 14.0. The van der Waals surface area contributed by atoms with Crippen LogP contribution in [0.15, 0.2) is 23.7 Å². The molecule has 20 heavy (non-hydrogen) atoms. The van der Waals surface area contributed by atoms with Crippen LogP contribution in [0.4, 0.5) is 0 Å². The highest BCUT2D eigenvalue weighted by molar-refractivity contribution is 7.17. The minimum absolute atomic E-state index is 0.448. The van der Waals surface area contributed by atoms with Gasteiger partial charge in [0.05, 0.1) is 10.2 Å². The Morgan fingerprint density at radius 2 is 2.15 bits per heavy atom. The second-order valence-corrected chi connectivity index (χ2v) is 7.31. The van der Waals surface area contributed by atoms with Crippen LogP contribution in [0.2, 0.25) is 0 Å². The Morgan fingerprint density at radius 1 is 1.30 bits per heavy atom. The minimum Gasteiger partial charge on any atom is -0.313 e. The van der Waals surface area contributed by atoms with Crippen LogP contribution in [-0.4, -0.2) is 12.0 Å². The molecule has 1 aliphatic rings. The highest BCUT2D eigenvalue weighted by Crippen LogP contribution is 2.40. The number of aromatic nitrogens is 1. The van der Waals surface area contributed by atoms with Gasteiger partial charge in [-0.2, -0.15) is 0 Å². The Bertz CT molecular complexity index is 577. The van der Waals surface area contributed by atoms with E-state index in [4.69, 9.17) is 0 Å². The van der Waals surface area contributed by atoms with Gasteiger partial charge in [-0.25, -0.2) is 0 Å². The molecule has 0 aromatic carbocycles. The second kappa shape index (κ2) is 5.82. The average Bonchev–Trinajstić information content (AvgIpc) is 2.91. The van der Waals surface area contributed by atoms with E-state index in [2.05, 4.69) is 54.9 Å². The van der Waals surface area contributed by atoms with Gasteiger partial charge in [-0.1, -0.05) is 20.3 Å². The zero-order valence-electron chi connectivity index (χ0n) is 12.6. The smallest absolute Gasteiger partial charge is 0.0809 e. The molecule has 3 rings (SSSR count). The van der Waals surface area contributed by atoms with Gasteiger partial charge in [-0.3, -0.25) is 4.98 Å². The quantitative estimate of drug-likeness (QED) is 0.890. The normalized spacial score (nSPS) is 28.6. The van der Waals surface area contributed by atoms with Crippen molar-refractivity contribution in [3.63, 3.8) is 0 Å². The van der Waals surface area contributed by atoms with Crippen LogP contribution in [0.3, 0.4) is 0 Å². The highest BCUT2D eigenvalue weighted by Gasteiger charge is 2.30. The van der Waals surface area contributed by atoms with Crippen LogP contribution < -0.4 is 5.32 Å². The first-order chi connectivity index (χ1) is 9.69. The number of pyridine rings is 1. The molecule has 2 heterocycles. The Kier molecular flexibility index (Phi) is 4.08. The Hall–Kier alpha value is -0.930. The molecule has 0 bridgehead atoms. The fourth-order valence-corrected chi connectivity index (χ4v) is 4.39. The third-order valence-corrected chi connectivity index (χ3v) is 5.96. The summed E-state index contributed by atoms with van der Waals surface area (Å²) in [6.07, 6.45) is 6.09. The van der Waals surface area contributed by atoms with Crippen molar-refractivity contribution in [3.05, 3.63) is 29.3 Å². The molecule has 1 aliphatic carbocycles. The molecule has 4 unspecified atom stereocenters. The van der Waals surface area contributed by atoms with Gasteiger partial charge in [-0.05, 0) is 60.7 Å². The standard InChI is InChI=1S/C17H24N2S/c1-11-4-5-13(8-12(11)2)17(18-3)14-9-16-15(19-10-14)6-7-20-16/h6-7,9-13,17-18H,4-5,8H2,1-3H3. The maximum atomic E-state index is 4.61. The summed E-state index contributed by atoms with van der Waals surface area (Å²) >= 11 is 1.79. The number of nitrogens with one attached hydrogen (secondary N) is 1.